The second kappa shape index (κ2) is 3.79. The van der Waals surface area contributed by atoms with Gasteiger partial charge in [0.2, 0.25) is 0 Å². The molecule has 0 aromatic heterocycles. The molecule has 0 amide bonds. The van der Waals surface area contributed by atoms with E-state index in [1.807, 2.05) is 30.3 Å². The molecule has 0 spiro atoms. The van der Waals surface area contributed by atoms with Gasteiger partial charge < -0.3 is 0 Å². The van der Waals surface area contributed by atoms with Crippen molar-refractivity contribution < 1.29 is 14.7 Å². The van der Waals surface area contributed by atoms with E-state index >= 15 is 0 Å². The summed E-state index contributed by atoms with van der Waals surface area (Å²) in [5, 5.41) is 0. The first-order valence-corrected chi connectivity index (χ1v) is 6.70. The standard InChI is InChI=1S/C10H15O3P/c1-2-14(11,12,13)9-8-10-6-4-3-5-7-10/h2-7,11-13H,1,8-9H2. The van der Waals surface area contributed by atoms with Crippen LogP contribution in [0.25, 0.3) is 0 Å². The molecule has 0 heterocycles. The van der Waals surface area contributed by atoms with E-state index in [0.29, 0.717) is 6.42 Å². The Morgan fingerprint density at radius 1 is 1.14 bits per heavy atom. The molecule has 0 fully saturated rings. The summed E-state index contributed by atoms with van der Waals surface area (Å²) in [6.45, 7) is 3.22. The number of hydrogen-bond acceptors (Lipinski definition) is 3. The van der Waals surface area contributed by atoms with Gasteiger partial charge in [-0.25, -0.2) is 0 Å². The quantitative estimate of drug-likeness (QED) is 0.668. The molecule has 4 heteroatoms. The summed E-state index contributed by atoms with van der Waals surface area (Å²) >= 11 is 0. The summed E-state index contributed by atoms with van der Waals surface area (Å²) in [6.07, 6.45) is 0.354. The average Bonchev–Trinajstić information content (AvgIpc) is 2.17. The molecule has 0 radical (unpaired) electrons. The van der Waals surface area contributed by atoms with Crippen molar-refractivity contribution in [1.29, 1.82) is 0 Å². The predicted octanol–water partition coefficient (Wildman–Crippen LogP) is 1.65. The van der Waals surface area contributed by atoms with Crippen molar-refractivity contribution in [2.75, 3.05) is 6.16 Å². The van der Waals surface area contributed by atoms with E-state index < -0.39 is 7.28 Å². The van der Waals surface area contributed by atoms with Gasteiger partial charge in [-0.15, -0.1) is 0 Å². The van der Waals surface area contributed by atoms with Gasteiger partial charge in [-0.05, 0) is 0 Å². The summed E-state index contributed by atoms with van der Waals surface area (Å²) in [5.74, 6) is 0.856. The van der Waals surface area contributed by atoms with Crippen LogP contribution >= 0.6 is 7.28 Å². The van der Waals surface area contributed by atoms with Crippen LogP contribution in [0.2, 0.25) is 0 Å². The third-order valence-corrected chi connectivity index (χ3v) is 3.88. The Balaban J connectivity index is 2.62. The molecule has 0 saturated heterocycles. The van der Waals surface area contributed by atoms with Crippen molar-refractivity contribution in [1.82, 2.24) is 0 Å². The second-order valence-electron chi connectivity index (χ2n) is 3.36. The minimum atomic E-state index is -4.56. The maximum absolute atomic E-state index is 9.37. The third kappa shape index (κ3) is 3.56. The van der Waals surface area contributed by atoms with Gasteiger partial charge in [-0.1, -0.05) is 0 Å². The van der Waals surface area contributed by atoms with Gasteiger partial charge in [0, 0.05) is 0 Å². The molecule has 0 bridgehead atoms. The Morgan fingerprint density at radius 3 is 2.21 bits per heavy atom. The molecule has 1 aromatic carbocycles. The molecule has 0 atom stereocenters. The Kier molecular flexibility index (Phi) is 3.07. The second-order valence-corrected chi connectivity index (χ2v) is 6.62. The summed E-state index contributed by atoms with van der Waals surface area (Å²) in [4.78, 5) is 28.1. The summed E-state index contributed by atoms with van der Waals surface area (Å²) in [6, 6.07) is 9.35. The predicted molar refractivity (Wildman–Crippen MR) is 58.8 cm³/mol. The van der Waals surface area contributed by atoms with E-state index in [1.54, 1.807) is 0 Å². The Hall–Kier alpha value is -0.730. The van der Waals surface area contributed by atoms with Gasteiger partial charge in [-0.2, -0.15) is 0 Å². The minimum absolute atomic E-state index is 0.0703. The first kappa shape index (κ1) is 11.3. The molecule has 3 N–H and O–H groups in total. The van der Waals surface area contributed by atoms with E-state index in [2.05, 4.69) is 6.58 Å². The fourth-order valence-corrected chi connectivity index (χ4v) is 1.95. The van der Waals surface area contributed by atoms with Gasteiger partial charge in [0.1, 0.15) is 0 Å². The fourth-order valence-electron chi connectivity index (χ4n) is 1.08. The molecule has 0 saturated carbocycles. The van der Waals surface area contributed by atoms with Crippen LogP contribution in [-0.2, 0) is 6.42 Å². The van der Waals surface area contributed by atoms with Crippen LogP contribution in [0.15, 0.2) is 42.7 Å². The molecule has 0 aliphatic heterocycles. The molecule has 3 nitrogen and oxygen atoms in total. The zero-order chi connectivity index (χ0) is 10.7. The van der Waals surface area contributed by atoms with Crippen molar-refractivity contribution >= 4 is 7.28 Å². The summed E-state index contributed by atoms with van der Waals surface area (Å²) < 4.78 is 0. The van der Waals surface area contributed by atoms with Crippen LogP contribution < -0.4 is 0 Å². The van der Waals surface area contributed by atoms with Crippen molar-refractivity contribution in [3.05, 3.63) is 48.3 Å². The normalized spacial score (nSPS) is 14.4. The molecule has 1 aromatic rings. The van der Waals surface area contributed by atoms with Crippen LogP contribution in [0, 0.1) is 0 Å². The molecule has 1 rings (SSSR count). The van der Waals surface area contributed by atoms with Crippen molar-refractivity contribution in [3.8, 4) is 0 Å². The van der Waals surface area contributed by atoms with Gasteiger partial charge in [0.15, 0.2) is 0 Å². The molecule has 14 heavy (non-hydrogen) atoms. The Labute approximate surface area is 83.5 Å². The van der Waals surface area contributed by atoms with Crippen LogP contribution in [-0.4, -0.2) is 20.8 Å². The monoisotopic (exact) mass is 214 g/mol. The van der Waals surface area contributed by atoms with Crippen molar-refractivity contribution in [2.45, 2.75) is 6.42 Å². The van der Waals surface area contributed by atoms with E-state index in [4.69, 9.17) is 0 Å². The van der Waals surface area contributed by atoms with E-state index in [0.717, 1.165) is 11.4 Å². The van der Waals surface area contributed by atoms with E-state index in [9.17, 15) is 14.7 Å². The van der Waals surface area contributed by atoms with E-state index in [1.165, 1.54) is 0 Å². The van der Waals surface area contributed by atoms with Crippen LogP contribution in [0.5, 0.6) is 0 Å². The SMILES string of the molecule is C=CP(O)(O)(O)CCc1ccccc1. The van der Waals surface area contributed by atoms with Crippen molar-refractivity contribution in [3.63, 3.8) is 0 Å². The zero-order valence-corrected chi connectivity index (χ0v) is 8.77. The van der Waals surface area contributed by atoms with Crippen LogP contribution in [0.1, 0.15) is 5.56 Å². The molecule has 0 aliphatic rings. The van der Waals surface area contributed by atoms with Gasteiger partial charge in [0.25, 0.3) is 0 Å². The van der Waals surface area contributed by atoms with Gasteiger partial charge in [-0.3, -0.25) is 0 Å². The maximum atomic E-state index is 9.37. The van der Waals surface area contributed by atoms with Crippen LogP contribution in [0.3, 0.4) is 0 Å². The fraction of sp³-hybridized carbons (Fsp3) is 0.200. The molecular formula is C10H15O3P. The molecule has 78 valence electrons. The number of hydrogen-bond donors (Lipinski definition) is 3. The zero-order valence-electron chi connectivity index (χ0n) is 7.87. The third-order valence-electron chi connectivity index (χ3n) is 2.05. The molecule has 0 unspecified atom stereocenters. The number of rotatable bonds is 4. The topological polar surface area (TPSA) is 60.7 Å². The van der Waals surface area contributed by atoms with Crippen molar-refractivity contribution in [2.24, 2.45) is 0 Å². The Bertz CT molecular complexity index is 313. The van der Waals surface area contributed by atoms with Gasteiger partial charge >= 0.3 is 82.8 Å². The Morgan fingerprint density at radius 2 is 1.71 bits per heavy atom. The summed E-state index contributed by atoms with van der Waals surface area (Å²) in [5.41, 5.74) is 0.959. The molecular weight excluding hydrogens is 199 g/mol. The van der Waals surface area contributed by atoms with Crippen LogP contribution in [0.4, 0.5) is 0 Å². The first-order valence-electron chi connectivity index (χ1n) is 4.35. The van der Waals surface area contributed by atoms with E-state index in [-0.39, 0.29) is 6.16 Å². The number of aryl methyl sites for hydroxylation is 1. The average molecular weight is 214 g/mol. The van der Waals surface area contributed by atoms with Gasteiger partial charge in [0.05, 0.1) is 0 Å². The number of benzene rings is 1. The first-order chi connectivity index (χ1) is 6.41. The molecule has 0 aliphatic carbocycles. The summed E-state index contributed by atoms with van der Waals surface area (Å²) in [7, 11) is -4.56.